The fourth-order valence-corrected chi connectivity index (χ4v) is 4.82. The molecule has 228 valence electrons. The average molecular weight is 558 g/mol. The molecule has 0 aliphatic heterocycles. The third-order valence-corrected chi connectivity index (χ3v) is 7.54. The van der Waals surface area contributed by atoms with Crippen LogP contribution in [0.15, 0.2) is 30.3 Å². The van der Waals surface area contributed by atoms with E-state index in [0.717, 1.165) is 18.4 Å². The Bertz CT molecular complexity index is 836. The van der Waals surface area contributed by atoms with Gasteiger partial charge >= 0.3 is 0 Å². The van der Waals surface area contributed by atoms with Gasteiger partial charge in [0.15, 0.2) is 0 Å². The molecule has 0 saturated heterocycles. The van der Waals surface area contributed by atoms with E-state index in [0.29, 0.717) is 6.54 Å². The highest BCUT2D eigenvalue weighted by atomic mass is 16.2. The number of rotatable bonds is 23. The summed E-state index contributed by atoms with van der Waals surface area (Å²) >= 11 is 0. The fourth-order valence-electron chi connectivity index (χ4n) is 4.82. The number of nitrogens with one attached hydrogen (secondary N) is 3. The van der Waals surface area contributed by atoms with Crippen molar-refractivity contribution in [3.8, 4) is 0 Å². The first-order chi connectivity index (χ1) is 19.1. The Balaban J connectivity index is 2.11. The maximum Gasteiger partial charge on any atom is 0.246 e. The van der Waals surface area contributed by atoms with E-state index in [1.165, 1.54) is 89.9 Å². The molecular weight excluding hydrogens is 498 g/mol. The molecule has 0 saturated carbocycles. The van der Waals surface area contributed by atoms with Crippen molar-refractivity contribution in [1.82, 2.24) is 16.0 Å². The predicted molar refractivity (Wildman–Crippen MR) is 167 cm³/mol. The van der Waals surface area contributed by atoms with E-state index in [1.807, 2.05) is 30.3 Å². The summed E-state index contributed by atoms with van der Waals surface area (Å²) in [5.41, 5.74) is -1.34. The molecule has 0 fully saturated rings. The largest absolute Gasteiger partial charge is 0.354 e. The van der Waals surface area contributed by atoms with Crippen LogP contribution in [0.4, 0.5) is 0 Å². The maximum absolute atomic E-state index is 12.9. The van der Waals surface area contributed by atoms with E-state index in [-0.39, 0.29) is 18.2 Å². The molecule has 3 amide bonds. The molecule has 0 radical (unpaired) electrons. The van der Waals surface area contributed by atoms with Crippen LogP contribution in [0.5, 0.6) is 0 Å². The van der Waals surface area contributed by atoms with Crippen LogP contribution in [0, 0.1) is 0 Å². The Labute approximate surface area is 245 Å². The SMILES string of the molecule is CCCCCCCCCCCCCCCCCCNC(=O)C(C)(C)NC(=O)C(C)(C)NC(=O)Cc1ccccc1. The summed E-state index contributed by atoms with van der Waals surface area (Å²) in [6, 6.07) is 9.40. The van der Waals surface area contributed by atoms with Crippen molar-refractivity contribution in [2.24, 2.45) is 0 Å². The first-order valence-corrected chi connectivity index (χ1v) is 16.0. The molecule has 3 N–H and O–H groups in total. The Morgan fingerprint density at radius 2 is 1.00 bits per heavy atom. The van der Waals surface area contributed by atoms with Gasteiger partial charge in [-0.2, -0.15) is 0 Å². The molecule has 1 aromatic carbocycles. The second-order valence-electron chi connectivity index (χ2n) is 12.5. The van der Waals surface area contributed by atoms with E-state index in [4.69, 9.17) is 0 Å². The molecule has 0 bridgehead atoms. The summed E-state index contributed by atoms with van der Waals surface area (Å²) in [5, 5.41) is 8.56. The van der Waals surface area contributed by atoms with E-state index in [9.17, 15) is 14.4 Å². The van der Waals surface area contributed by atoms with Crippen molar-refractivity contribution in [2.75, 3.05) is 6.54 Å². The van der Waals surface area contributed by atoms with Gasteiger partial charge in [0.25, 0.3) is 0 Å². The van der Waals surface area contributed by atoms with E-state index in [2.05, 4.69) is 22.9 Å². The molecule has 0 aliphatic carbocycles. The highest BCUT2D eigenvalue weighted by Gasteiger charge is 2.36. The van der Waals surface area contributed by atoms with E-state index < -0.39 is 17.0 Å². The third-order valence-electron chi connectivity index (χ3n) is 7.54. The van der Waals surface area contributed by atoms with Gasteiger partial charge in [0.1, 0.15) is 11.1 Å². The summed E-state index contributed by atoms with van der Waals surface area (Å²) in [6.07, 6.45) is 21.3. The lowest BCUT2D eigenvalue weighted by Crippen LogP contribution is -2.63. The van der Waals surface area contributed by atoms with Crippen molar-refractivity contribution in [3.63, 3.8) is 0 Å². The van der Waals surface area contributed by atoms with Gasteiger partial charge in [-0.15, -0.1) is 0 Å². The molecule has 6 heteroatoms. The molecule has 0 spiro atoms. The fraction of sp³-hybridized carbons (Fsp3) is 0.735. The highest BCUT2D eigenvalue weighted by Crippen LogP contribution is 2.14. The highest BCUT2D eigenvalue weighted by molar-refractivity contribution is 5.96. The number of unbranched alkanes of at least 4 members (excludes halogenated alkanes) is 15. The van der Waals surface area contributed by atoms with Crippen LogP contribution >= 0.6 is 0 Å². The molecule has 0 aromatic heterocycles. The summed E-state index contributed by atoms with van der Waals surface area (Å²) < 4.78 is 0. The number of hydrogen-bond acceptors (Lipinski definition) is 3. The van der Waals surface area contributed by atoms with Crippen molar-refractivity contribution < 1.29 is 14.4 Å². The topological polar surface area (TPSA) is 87.3 Å². The standard InChI is InChI=1S/C34H59N3O3/c1-6-7-8-9-10-11-12-13-14-15-16-17-18-19-20-24-27-35-31(39)33(2,3)37-32(40)34(4,5)36-30(38)28-29-25-22-21-23-26-29/h21-23,25-26H,6-20,24,27-28H2,1-5H3,(H,35,39)(H,36,38)(H,37,40). The summed E-state index contributed by atoms with van der Waals surface area (Å²) in [4.78, 5) is 38.1. The van der Waals surface area contributed by atoms with E-state index >= 15 is 0 Å². The van der Waals surface area contributed by atoms with Crippen LogP contribution < -0.4 is 16.0 Å². The van der Waals surface area contributed by atoms with Gasteiger partial charge in [-0.1, -0.05) is 134 Å². The van der Waals surface area contributed by atoms with Gasteiger partial charge < -0.3 is 16.0 Å². The first kappa shape index (κ1) is 35.7. The minimum atomic E-state index is -1.14. The van der Waals surface area contributed by atoms with Crippen molar-refractivity contribution in [3.05, 3.63) is 35.9 Å². The third kappa shape index (κ3) is 16.7. The lowest BCUT2D eigenvalue weighted by molar-refractivity contribution is -0.137. The van der Waals surface area contributed by atoms with Gasteiger partial charge in [-0.3, -0.25) is 14.4 Å². The molecule has 1 aromatic rings. The molecule has 0 aliphatic rings. The Morgan fingerprint density at radius 3 is 1.48 bits per heavy atom. The van der Waals surface area contributed by atoms with Crippen LogP contribution in [0.25, 0.3) is 0 Å². The Kier molecular flexibility index (Phi) is 18.3. The lowest BCUT2D eigenvalue weighted by atomic mass is 9.98. The molecule has 1 rings (SSSR count). The van der Waals surface area contributed by atoms with Gasteiger partial charge in [-0.05, 0) is 39.7 Å². The van der Waals surface area contributed by atoms with Gasteiger partial charge in [0.05, 0.1) is 6.42 Å². The van der Waals surface area contributed by atoms with Crippen LogP contribution in [0.2, 0.25) is 0 Å². The predicted octanol–water partition coefficient (Wildman–Crippen LogP) is 7.40. The summed E-state index contributed by atoms with van der Waals surface area (Å²) in [6.45, 7) is 9.55. The number of carbonyl (C=O) groups excluding carboxylic acids is 3. The molecule has 0 atom stereocenters. The Morgan fingerprint density at radius 1 is 0.575 bits per heavy atom. The van der Waals surface area contributed by atoms with Crippen LogP contribution in [-0.4, -0.2) is 35.3 Å². The van der Waals surface area contributed by atoms with Crippen LogP contribution in [0.3, 0.4) is 0 Å². The second-order valence-corrected chi connectivity index (χ2v) is 12.5. The van der Waals surface area contributed by atoms with E-state index in [1.54, 1.807) is 27.7 Å². The number of amides is 3. The lowest BCUT2D eigenvalue weighted by Gasteiger charge is -2.31. The van der Waals surface area contributed by atoms with Gasteiger partial charge in [0, 0.05) is 6.54 Å². The minimum Gasteiger partial charge on any atom is -0.354 e. The second kappa shape index (κ2) is 20.5. The minimum absolute atomic E-state index is 0.195. The summed E-state index contributed by atoms with van der Waals surface area (Å²) in [5.74, 6) is -0.846. The van der Waals surface area contributed by atoms with Crippen LogP contribution in [0.1, 0.15) is 143 Å². The molecule has 40 heavy (non-hydrogen) atoms. The molecule has 0 heterocycles. The zero-order valence-electron chi connectivity index (χ0n) is 26.3. The Hall–Kier alpha value is -2.37. The average Bonchev–Trinajstić information content (AvgIpc) is 2.90. The molecule has 6 nitrogen and oxygen atoms in total. The monoisotopic (exact) mass is 557 g/mol. The normalized spacial score (nSPS) is 11.7. The molecule has 0 unspecified atom stereocenters. The first-order valence-electron chi connectivity index (χ1n) is 16.0. The zero-order chi connectivity index (χ0) is 29.7. The number of carbonyl (C=O) groups is 3. The smallest absolute Gasteiger partial charge is 0.246 e. The number of benzene rings is 1. The zero-order valence-corrected chi connectivity index (χ0v) is 26.3. The van der Waals surface area contributed by atoms with Crippen molar-refractivity contribution in [1.29, 1.82) is 0 Å². The maximum atomic E-state index is 12.9. The van der Waals surface area contributed by atoms with Crippen molar-refractivity contribution >= 4 is 17.7 Å². The molecular formula is C34H59N3O3. The summed E-state index contributed by atoms with van der Waals surface area (Å²) in [7, 11) is 0. The number of hydrogen-bond donors (Lipinski definition) is 3. The van der Waals surface area contributed by atoms with Gasteiger partial charge in [0.2, 0.25) is 17.7 Å². The van der Waals surface area contributed by atoms with Crippen molar-refractivity contribution in [2.45, 2.75) is 155 Å². The van der Waals surface area contributed by atoms with Crippen LogP contribution in [-0.2, 0) is 20.8 Å². The quantitative estimate of drug-likeness (QED) is 0.123. The van der Waals surface area contributed by atoms with Gasteiger partial charge in [-0.25, -0.2) is 0 Å².